The third kappa shape index (κ3) is 4.26. The Labute approximate surface area is 107 Å². The molecule has 0 amide bonds. The molecule has 0 aromatic rings. The lowest BCUT2D eigenvalue weighted by Gasteiger charge is -2.32. The number of piperidine rings is 1. The number of hydrogen-bond donors (Lipinski definition) is 1. The van der Waals surface area contributed by atoms with Crippen LogP contribution in [0.1, 0.15) is 51.9 Å². The number of rotatable bonds is 5. The first-order valence-corrected chi connectivity index (χ1v) is 7.66. The summed E-state index contributed by atoms with van der Waals surface area (Å²) in [6, 6.07) is 0.846. The molecule has 2 rings (SSSR count). The molecule has 1 saturated heterocycles. The highest BCUT2D eigenvalue weighted by molar-refractivity contribution is 4.77. The Morgan fingerprint density at radius 2 is 2.06 bits per heavy atom. The van der Waals surface area contributed by atoms with Gasteiger partial charge in [0.25, 0.3) is 0 Å². The van der Waals surface area contributed by atoms with E-state index in [1.54, 1.807) is 0 Å². The van der Waals surface area contributed by atoms with Crippen LogP contribution in [0.4, 0.5) is 0 Å². The molecule has 1 heterocycles. The largest absolute Gasteiger partial charge is 0.316 e. The Balaban J connectivity index is 1.53. The van der Waals surface area contributed by atoms with Crippen molar-refractivity contribution in [2.24, 2.45) is 11.8 Å². The monoisotopic (exact) mass is 238 g/mol. The van der Waals surface area contributed by atoms with E-state index in [9.17, 15) is 0 Å². The molecule has 1 aliphatic carbocycles. The molecule has 1 saturated carbocycles. The second kappa shape index (κ2) is 6.75. The molecule has 2 aliphatic rings. The highest BCUT2D eigenvalue weighted by Gasteiger charge is 2.21. The summed E-state index contributed by atoms with van der Waals surface area (Å²) in [4.78, 5) is 2.56. The van der Waals surface area contributed by atoms with Gasteiger partial charge in [0.05, 0.1) is 0 Å². The Kier molecular flexibility index (Phi) is 5.30. The highest BCUT2D eigenvalue weighted by atomic mass is 15.1. The average molecular weight is 238 g/mol. The van der Waals surface area contributed by atoms with Crippen molar-refractivity contribution in [3.63, 3.8) is 0 Å². The summed E-state index contributed by atoms with van der Waals surface area (Å²) in [5.41, 5.74) is 0. The molecule has 0 radical (unpaired) electrons. The minimum absolute atomic E-state index is 0.846. The van der Waals surface area contributed by atoms with Gasteiger partial charge in [-0.25, -0.2) is 0 Å². The molecule has 0 bridgehead atoms. The van der Waals surface area contributed by atoms with Crippen LogP contribution in [0.15, 0.2) is 0 Å². The van der Waals surface area contributed by atoms with Gasteiger partial charge in [-0.15, -0.1) is 0 Å². The van der Waals surface area contributed by atoms with E-state index < -0.39 is 0 Å². The lowest BCUT2D eigenvalue weighted by molar-refractivity contribution is 0.175. The third-order valence-electron chi connectivity index (χ3n) is 4.81. The van der Waals surface area contributed by atoms with E-state index in [-0.39, 0.29) is 0 Å². The van der Waals surface area contributed by atoms with Gasteiger partial charge in [0.15, 0.2) is 0 Å². The van der Waals surface area contributed by atoms with Crippen molar-refractivity contribution in [3.8, 4) is 0 Å². The fraction of sp³-hybridized carbons (Fsp3) is 1.00. The van der Waals surface area contributed by atoms with Gasteiger partial charge in [-0.3, -0.25) is 0 Å². The number of likely N-dealkylation sites (tertiary alicyclic amines) is 1. The van der Waals surface area contributed by atoms with E-state index in [1.165, 1.54) is 64.6 Å². The predicted octanol–water partition coefficient (Wildman–Crippen LogP) is 2.89. The third-order valence-corrected chi connectivity index (χ3v) is 4.81. The van der Waals surface area contributed by atoms with Gasteiger partial charge in [0.2, 0.25) is 0 Å². The van der Waals surface area contributed by atoms with E-state index in [4.69, 9.17) is 0 Å². The topological polar surface area (TPSA) is 15.3 Å². The van der Waals surface area contributed by atoms with Crippen LogP contribution in [0.25, 0.3) is 0 Å². The van der Waals surface area contributed by atoms with Gasteiger partial charge in [0, 0.05) is 6.04 Å². The standard InChI is InChI=1S/C15H30N2/c1-13-6-7-14(11-13)12-16-9-8-15-5-3-4-10-17(15)2/h13-16H,3-12H2,1-2H3. The molecule has 0 aromatic heterocycles. The molecule has 1 N–H and O–H groups in total. The summed E-state index contributed by atoms with van der Waals surface area (Å²) in [7, 11) is 2.29. The molecule has 0 spiro atoms. The average Bonchev–Trinajstić information content (AvgIpc) is 2.73. The molecule has 0 aromatic carbocycles. The minimum Gasteiger partial charge on any atom is -0.316 e. The van der Waals surface area contributed by atoms with E-state index in [1.807, 2.05) is 0 Å². The van der Waals surface area contributed by atoms with Gasteiger partial charge in [-0.05, 0) is 70.6 Å². The fourth-order valence-corrected chi connectivity index (χ4v) is 3.59. The van der Waals surface area contributed by atoms with Crippen LogP contribution in [0.2, 0.25) is 0 Å². The summed E-state index contributed by atoms with van der Waals surface area (Å²) in [5.74, 6) is 1.94. The van der Waals surface area contributed by atoms with Crippen LogP contribution < -0.4 is 5.32 Å². The SMILES string of the molecule is CC1CCC(CNCCC2CCCCN2C)C1. The Bertz CT molecular complexity index is 217. The second-order valence-electron chi connectivity index (χ2n) is 6.41. The Hall–Kier alpha value is -0.0800. The normalized spacial score (nSPS) is 35.3. The van der Waals surface area contributed by atoms with Crippen molar-refractivity contribution < 1.29 is 0 Å². The zero-order valence-corrected chi connectivity index (χ0v) is 11.8. The van der Waals surface area contributed by atoms with Crippen LogP contribution in [0.5, 0.6) is 0 Å². The zero-order valence-electron chi connectivity index (χ0n) is 11.8. The molecule has 2 nitrogen and oxygen atoms in total. The first-order valence-electron chi connectivity index (χ1n) is 7.66. The van der Waals surface area contributed by atoms with Crippen molar-refractivity contribution in [2.75, 3.05) is 26.7 Å². The Morgan fingerprint density at radius 1 is 1.18 bits per heavy atom. The molecule has 3 atom stereocenters. The molecule has 2 fully saturated rings. The molecule has 1 aliphatic heterocycles. The molecule has 100 valence electrons. The van der Waals surface area contributed by atoms with Crippen molar-refractivity contribution in [1.29, 1.82) is 0 Å². The van der Waals surface area contributed by atoms with Crippen molar-refractivity contribution >= 4 is 0 Å². The van der Waals surface area contributed by atoms with Crippen molar-refractivity contribution in [3.05, 3.63) is 0 Å². The Morgan fingerprint density at radius 3 is 2.76 bits per heavy atom. The first kappa shape index (κ1) is 13.4. The lowest BCUT2D eigenvalue weighted by atomic mass is 10.00. The van der Waals surface area contributed by atoms with Crippen LogP contribution in [0, 0.1) is 11.8 Å². The van der Waals surface area contributed by atoms with Gasteiger partial charge < -0.3 is 10.2 Å². The van der Waals surface area contributed by atoms with E-state index in [2.05, 4.69) is 24.2 Å². The van der Waals surface area contributed by atoms with Gasteiger partial charge in [-0.2, -0.15) is 0 Å². The van der Waals surface area contributed by atoms with Crippen LogP contribution in [-0.2, 0) is 0 Å². The summed E-state index contributed by atoms with van der Waals surface area (Å²) < 4.78 is 0. The van der Waals surface area contributed by atoms with Crippen LogP contribution in [0.3, 0.4) is 0 Å². The van der Waals surface area contributed by atoms with Crippen molar-refractivity contribution in [1.82, 2.24) is 10.2 Å². The highest BCUT2D eigenvalue weighted by Crippen LogP contribution is 2.29. The quantitative estimate of drug-likeness (QED) is 0.741. The summed E-state index contributed by atoms with van der Waals surface area (Å²) >= 11 is 0. The van der Waals surface area contributed by atoms with Gasteiger partial charge in [0.1, 0.15) is 0 Å². The summed E-state index contributed by atoms with van der Waals surface area (Å²) in [5, 5.41) is 3.69. The summed E-state index contributed by atoms with van der Waals surface area (Å²) in [6.45, 7) is 6.20. The van der Waals surface area contributed by atoms with Crippen molar-refractivity contribution in [2.45, 2.75) is 57.9 Å². The first-order chi connectivity index (χ1) is 8.25. The molecule has 2 heteroatoms. The van der Waals surface area contributed by atoms with E-state index >= 15 is 0 Å². The predicted molar refractivity (Wildman–Crippen MR) is 74.3 cm³/mol. The van der Waals surface area contributed by atoms with E-state index in [0.717, 1.165) is 17.9 Å². The van der Waals surface area contributed by atoms with Gasteiger partial charge >= 0.3 is 0 Å². The maximum absolute atomic E-state index is 3.69. The second-order valence-corrected chi connectivity index (χ2v) is 6.41. The fourth-order valence-electron chi connectivity index (χ4n) is 3.59. The van der Waals surface area contributed by atoms with E-state index in [0.29, 0.717) is 0 Å². The number of hydrogen-bond acceptors (Lipinski definition) is 2. The smallest absolute Gasteiger partial charge is 0.0104 e. The molecular formula is C15H30N2. The van der Waals surface area contributed by atoms with Crippen LogP contribution in [-0.4, -0.2) is 37.6 Å². The molecular weight excluding hydrogens is 208 g/mol. The zero-order chi connectivity index (χ0) is 12.1. The van der Waals surface area contributed by atoms with Crippen LogP contribution >= 0.6 is 0 Å². The molecule has 17 heavy (non-hydrogen) atoms. The van der Waals surface area contributed by atoms with Gasteiger partial charge in [-0.1, -0.05) is 19.8 Å². The lowest BCUT2D eigenvalue weighted by Crippen LogP contribution is -2.38. The number of nitrogens with zero attached hydrogens (tertiary/aromatic N) is 1. The maximum Gasteiger partial charge on any atom is 0.0104 e. The minimum atomic E-state index is 0.846. The summed E-state index contributed by atoms with van der Waals surface area (Å²) in [6.07, 6.45) is 9.97. The molecule has 3 unspecified atom stereocenters. The number of nitrogens with one attached hydrogen (secondary N) is 1. The maximum atomic E-state index is 3.69.